The van der Waals surface area contributed by atoms with Gasteiger partial charge >= 0.3 is 0 Å². The van der Waals surface area contributed by atoms with Gasteiger partial charge in [0, 0.05) is 12.6 Å². The molecule has 0 amide bonds. The van der Waals surface area contributed by atoms with Gasteiger partial charge in [-0.05, 0) is 25.7 Å². The summed E-state index contributed by atoms with van der Waals surface area (Å²) >= 11 is 0. The van der Waals surface area contributed by atoms with Gasteiger partial charge in [0.2, 0.25) is 0 Å². The van der Waals surface area contributed by atoms with E-state index in [4.69, 9.17) is 5.73 Å². The van der Waals surface area contributed by atoms with Crippen LogP contribution >= 0.6 is 0 Å². The highest BCUT2D eigenvalue weighted by molar-refractivity contribution is 4.97. The molecule has 2 heteroatoms. The summed E-state index contributed by atoms with van der Waals surface area (Å²) in [6, 6.07) is 0.856. The van der Waals surface area contributed by atoms with Crippen LogP contribution in [0.5, 0.6) is 0 Å². The molecule has 0 aromatic carbocycles. The van der Waals surface area contributed by atoms with E-state index in [1.807, 2.05) is 0 Å². The Labute approximate surface area is 56.0 Å². The fraction of sp³-hybridized carbons (Fsp3) is 1.00. The molecule has 1 saturated carbocycles. The topological polar surface area (TPSA) is 29.3 Å². The molecule has 2 heterocycles. The van der Waals surface area contributed by atoms with Crippen LogP contribution in [0.4, 0.5) is 0 Å². The summed E-state index contributed by atoms with van der Waals surface area (Å²) in [5.41, 5.74) is 5.74. The Kier molecular flexibility index (Phi) is 1.08. The van der Waals surface area contributed by atoms with Crippen molar-refractivity contribution in [1.29, 1.82) is 0 Å². The fourth-order valence-corrected chi connectivity index (χ4v) is 2.07. The van der Waals surface area contributed by atoms with Crippen LogP contribution in [0.2, 0.25) is 0 Å². The normalized spacial score (nSPS) is 44.7. The first-order chi connectivity index (χ1) is 4.27. The zero-order chi connectivity index (χ0) is 6.43. The third kappa shape index (κ3) is 0.700. The molecule has 52 valence electrons. The van der Waals surface area contributed by atoms with Crippen molar-refractivity contribution in [2.24, 2.45) is 11.7 Å². The number of fused-ring (bicyclic) bond motifs is 1. The average molecular weight is 126 g/mol. The van der Waals surface area contributed by atoms with Gasteiger partial charge < -0.3 is 5.73 Å². The van der Waals surface area contributed by atoms with Crippen molar-refractivity contribution in [3.8, 4) is 0 Å². The van der Waals surface area contributed by atoms with Crippen LogP contribution in [0.25, 0.3) is 0 Å². The SMILES string of the molecule is CC(N)N1CC2CC1C2. The Morgan fingerprint density at radius 2 is 2.22 bits per heavy atom. The van der Waals surface area contributed by atoms with Crippen molar-refractivity contribution < 1.29 is 0 Å². The van der Waals surface area contributed by atoms with E-state index in [0.717, 1.165) is 12.0 Å². The van der Waals surface area contributed by atoms with E-state index >= 15 is 0 Å². The Balaban J connectivity index is 2.00. The Morgan fingerprint density at radius 3 is 2.44 bits per heavy atom. The number of nitrogens with zero attached hydrogens (tertiary/aromatic N) is 1. The van der Waals surface area contributed by atoms with Gasteiger partial charge in [0.1, 0.15) is 0 Å². The van der Waals surface area contributed by atoms with Crippen LogP contribution in [0.3, 0.4) is 0 Å². The van der Waals surface area contributed by atoms with E-state index in [1.54, 1.807) is 0 Å². The zero-order valence-electron chi connectivity index (χ0n) is 5.88. The van der Waals surface area contributed by atoms with E-state index in [1.165, 1.54) is 19.4 Å². The van der Waals surface area contributed by atoms with Crippen molar-refractivity contribution in [1.82, 2.24) is 4.90 Å². The first-order valence-corrected chi connectivity index (χ1v) is 3.78. The molecule has 0 radical (unpaired) electrons. The molecule has 1 aliphatic carbocycles. The lowest BCUT2D eigenvalue weighted by Gasteiger charge is -2.28. The summed E-state index contributed by atoms with van der Waals surface area (Å²) in [7, 11) is 0. The van der Waals surface area contributed by atoms with Gasteiger partial charge in [-0.25, -0.2) is 0 Å². The molecule has 3 rings (SSSR count). The van der Waals surface area contributed by atoms with Crippen molar-refractivity contribution >= 4 is 0 Å². The third-order valence-electron chi connectivity index (χ3n) is 2.67. The molecule has 2 N–H and O–H groups in total. The smallest absolute Gasteiger partial charge is 0.0545 e. The molecular formula is C7H14N2. The Morgan fingerprint density at radius 1 is 1.56 bits per heavy atom. The summed E-state index contributed by atoms with van der Waals surface area (Å²) < 4.78 is 0. The van der Waals surface area contributed by atoms with Crippen LogP contribution < -0.4 is 5.73 Å². The second-order valence-electron chi connectivity index (χ2n) is 3.43. The van der Waals surface area contributed by atoms with Crippen LogP contribution in [0.15, 0.2) is 0 Å². The average Bonchev–Trinajstić information content (AvgIpc) is 2.12. The van der Waals surface area contributed by atoms with Crippen molar-refractivity contribution in [3.63, 3.8) is 0 Å². The van der Waals surface area contributed by atoms with Crippen molar-refractivity contribution in [2.75, 3.05) is 6.54 Å². The van der Waals surface area contributed by atoms with Gasteiger partial charge in [-0.2, -0.15) is 0 Å². The molecule has 9 heavy (non-hydrogen) atoms. The lowest BCUT2D eigenvalue weighted by Crippen LogP contribution is -2.41. The predicted octanol–water partition coefficient (Wildman–Crippen LogP) is 0.385. The molecule has 2 bridgehead atoms. The highest BCUT2D eigenvalue weighted by Gasteiger charge is 2.43. The maximum atomic E-state index is 5.74. The molecule has 3 aliphatic rings. The van der Waals surface area contributed by atoms with Gasteiger partial charge in [0.05, 0.1) is 6.17 Å². The molecule has 2 nitrogen and oxygen atoms in total. The molecule has 1 unspecified atom stereocenters. The van der Waals surface area contributed by atoms with Gasteiger partial charge in [-0.1, -0.05) is 0 Å². The summed E-state index contributed by atoms with van der Waals surface area (Å²) in [5, 5.41) is 0. The third-order valence-corrected chi connectivity index (χ3v) is 2.67. The highest BCUT2D eigenvalue weighted by atomic mass is 15.3. The maximum Gasteiger partial charge on any atom is 0.0545 e. The largest absolute Gasteiger partial charge is 0.316 e. The number of rotatable bonds is 1. The van der Waals surface area contributed by atoms with Gasteiger partial charge in [0.25, 0.3) is 0 Å². The minimum atomic E-state index is 0.294. The number of nitrogens with two attached hydrogens (primary N) is 1. The molecule has 0 spiro atoms. The van der Waals surface area contributed by atoms with Crippen molar-refractivity contribution in [2.45, 2.75) is 32.0 Å². The second-order valence-corrected chi connectivity index (χ2v) is 3.43. The summed E-state index contributed by atoms with van der Waals surface area (Å²) in [6.45, 7) is 3.35. The second kappa shape index (κ2) is 1.70. The standard InChI is InChI=1S/C7H14N2/c1-5(8)9-4-6-2-7(9)3-6/h5-7H,2-4,8H2,1H3. The van der Waals surface area contributed by atoms with Crippen LogP contribution in [-0.2, 0) is 0 Å². The quantitative estimate of drug-likeness (QED) is 0.550. The molecule has 2 aliphatic heterocycles. The van der Waals surface area contributed by atoms with Gasteiger partial charge in [0.15, 0.2) is 0 Å². The lowest BCUT2D eigenvalue weighted by atomic mass is 9.86. The zero-order valence-corrected chi connectivity index (χ0v) is 5.88. The minimum Gasteiger partial charge on any atom is -0.316 e. The summed E-state index contributed by atoms with van der Waals surface area (Å²) in [4.78, 5) is 2.42. The predicted molar refractivity (Wildman–Crippen MR) is 36.9 cm³/mol. The maximum absolute atomic E-state index is 5.74. The summed E-state index contributed by atoms with van der Waals surface area (Å²) in [6.07, 6.45) is 3.13. The monoisotopic (exact) mass is 126 g/mol. The molecule has 3 fully saturated rings. The Hall–Kier alpha value is -0.0800. The molecule has 0 aromatic rings. The van der Waals surface area contributed by atoms with Gasteiger partial charge in [-0.15, -0.1) is 0 Å². The van der Waals surface area contributed by atoms with E-state index in [2.05, 4.69) is 11.8 Å². The van der Waals surface area contributed by atoms with E-state index < -0.39 is 0 Å². The number of hydrogen-bond donors (Lipinski definition) is 1. The van der Waals surface area contributed by atoms with E-state index in [9.17, 15) is 0 Å². The van der Waals surface area contributed by atoms with Crippen LogP contribution in [-0.4, -0.2) is 23.7 Å². The molecular weight excluding hydrogens is 112 g/mol. The van der Waals surface area contributed by atoms with Gasteiger partial charge in [-0.3, -0.25) is 4.90 Å². The van der Waals surface area contributed by atoms with Crippen LogP contribution in [0, 0.1) is 5.92 Å². The summed E-state index contributed by atoms with van der Waals surface area (Å²) in [5.74, 6) is 1.00. The first-order valence-electron chi connectivity index (χ1n) is 3.78. The number of hydrogen-bond acceptors (Lipinski definition) is 2. The lowest BCUT2D eigenvalue weighted by molar-refractivity contribution is 0.198. The molecule has 0 aromatic heterocycles. The minimum absolute atomic E-state index is 0.294. The van der Waals surface area contributed by atoms with E-state index in [-0.39, 0.29) is 0 Å². The van der Waals surface area contributed by atoms with Crippen LogP contribution in [0.1, 0.15) is 19.8 Å². The van der Waals surface area contributed by atoms with Crippen molar-refractivity contribution in [3.05, 3.63) is 0 Å². The Bertz CT molecular complexity index is 116. The highest BCUT2D eigenvalue weighted by Crippen LogP contribution is 2.40. The van der Waals surface area contributed by atoms with E-state index in [0.29, 0.717) is 6.17 Å². The fourth-order valence-electron chi connectivity index (χ4n) is 2.07. The molecule has 1 atom stereocenters. The molecule has 2 saturated heterocycles. The first kappa shape index (κ1) is 5.69.